The zero-order valence-corrected chi connectivity index (χ0v) is 13.4. The largest absolute Gasteiger partial charge is 0.323 e. The van der Waals surface area contributed by atoms with Crippen LogP contribution in [0.15, 0.2) is 30.3 Å². The fourth-order valence-corrected chi connectivity index (χ4v) is 2.76. The maximum Gasteiger partial charge on any atom is 0.257 e. The van der Waals surface area contributed by atoms with Crippen LogP contribution in [-0.4, -0.2) is 5.91 Å². The number of carbonyl (C=O) groups is 1. The molecule has 8 heteroatoms. The van der Waals surface area contributed by atoms with E-state index in [9.17, 15) is 4.79 Å². The monoisotopic (exact) mass is 363 g/mol. The molecule has 0 unspecified atom stereocenters. The Kier molecular flexibility index (Phi) is 5.19. The van der Waals surface area contributed by atoms with E-state index in [1.807, 2.05) is 0 Å². The van der Waals surface area contributed by atoms with Crippen molar-refractivity contribution in [3.05, 3.63) is 56.0 Å². The molecular formula is C13H9Cl4N3O. The summed E-state index contributed by atoms with van der Waals surface area (Å²) in [4.78, 5) is 12.3. The summed E-state index contributed by atoms with van der Waals surface area (Å²) in [5.41, 5.74) is 3.35. The molecule has 0 saturated heterocycles. The first-order valence-electron chi connectivity index (χ1n) is 5.64. The second kappa shape index (κ2) is 6.73. The maximum atomic E-state index is 12.3. The molecular weight excluding hydrogens is 356 g/mol. The molecule has 4 N–H and O–H groups in total. The van der Waals surface area contributed by atoms with E-state index in [0.717, 1.165) is 0 Å². The Bertz CT molecular complexity index is 683. The van der Waals surface area contributed by atoms with Gasteiger partial charge >= 0.3 is 0 Å². The summed E-state index contributed by atoms with van der Waals surface area (Å²) >= 11 is 23.7. The van der Waals surface area contributed by atoms with Gasteiger partial charge in [-0.3, -0.25) is 10.6 Å². The Balaban J connectivity index is 2.37. The first-order valence-corrected chi connectivity index (χ1v) is 7.15. The molecule has 0 heterocycles. The van der Waals surface area contributed by atoms with Gasteiger partial charge in [-0.15, -0.1) is 0 Å². The highest BCUT2D eigenvalue weighted by Gasteiger charge is 2.16. The quantitative estimate of drug-likeness (QED) is 0.539. The molecule has 1 amide bonds. The van der Waals surface area contributed by atoms with E-state index < -0.39 is 5.91 Å². The van der Waals surface area contributed by atoms with Crippen molar-refractivity contribution in [2.75, 3.05) is 10.7 Å². The zero-order valence-electron chi connectivity index (χ0n) is 10.4. The van der Waals surface area contributed by atoms with Gasteiger partial charge in [0.25, 0.3) is 5.91 Å². The van der Waals surface area contributed by atoms with Gasteiger partial charge in [-0.1, -0.05) is 46.4 Å². The van der Waals surface area contributed by atoms with Crippen LogP contribution in [0.5, 0.6) is 0 Å². The highest BCUT2D eigenvalue weighted by Crippen LogP contribution is 2.34. The molecule has 21 heavy (non-hydrogen) atoms. The molecule has 0 saturated carbocycles. The number of nitrogens with one attached hydrogen (secondary N) is 2. The number of hydrazine groups is 1. The molecule has 0 bridgehead atoms. The SMILES string of the molecule is NNc1ccc(Cl)cc1C(=O)Nc1c(Cl)cc(Cl)cc1Cl. The summed E-state index contributed by atoms with van der Waals surface area (Å²) in [6.45, 7) is 0. The number of hydrogen-bond acceptors (Lipinski definition) is 3. The maximum absolute atomic E-state index is 12.3. The molecule has 2 rings (SSSR count). The van der Waals surface area contributed by atoms with Crippen LogP contribution >= 0.6 is 46.4 Å². The van der Waals surface area contributed by atoms with E-state index in [4.69, 9.17) is 52.2 Å². The van der Waals surface area contributed by atoms with Gasteiger partial charge in [0, 0.05) is 10.0 Å². The molecule has 0 fully saturated rings. The number of hydrogen-bond donors (Lipinski definition) is 3. The predicted molar refractivity (Wildman–Crippen MR) is 88.7 cm³/mol. The lowest BCUT2D eigenvalue weighted by Gasteiger charge is -2.12. The highest BCUT2D eigenvalue weighted by atomic mass is 35.5. The van der Waals surface area contributed by atoms with Gasteiger partial charge in [-0.2, -0.15) is 0 Å². The fourth-order valence-electron chi connectivity index (χ4n) is 1.67. The van der Waals surface area contributed by atoms with Gasteiger partial charge < -0.3 is 10.7 Å². The second-order valence-corrected chi connectivity index (χ2v) is 5.72. The predicted octanol–water partition coefficient (Wildman–Crippen LogP) is 4.84. The molecule has 4 nitrogen and oxygen atoms in total. The molecule has 0 atom stereocenters. The van der Waals surface area contributed by atoms with Gasteiger partial charge in [-0.05, 0) is 30.3 Å². The van der Waals surface area contributed by atoms with Crippen molar-refractivity contribution in [1.82, 2.24) is 0 Å². The Hall–Kier alpha value is -1.17. The number of rotatable bonds is 3. The summed E-state index contributed by atoms with van der Waals surface area (Å²) in [7, 11) is 0. The van der Waals surface area contributed by atoms with E-state index in [1.165, 1.54) is 18.2 Å². The van der Waals surface area contributed by atoms with Gasteiger partial charge in [0.05, 0.1) is 27.0 Å². The molecule has 0 aliphatic rings. The van der Waals surface area contributed by atoms with E-state index in [0.29, 0.717) is 15.7 Å². The van der Waals surface area contributed by atoms with E-state index in [1.54, 1.807) is 12.1 Å². The number of nitrogens with two attached hydrogens (primary N) is 1. The summed E-state index contributed by atoms with van der Waals surface area (Å²) in [5.74, 6) is 4.91. The number of benzene rings is 2. The van der Waals surface area contributed by atoms with E-state index in [-0.39, 0.29) is 21.3 Å². The lowest BCUT2D eigenvalue weighted by Crippen LogP contribution is -2.17. The molecule has 0 spiro atoms. The second-order valence-electron chi connectivity index (χ2n) is 4.03. The summed E-state index contributed by atoms with van der Waals surface area (Å²) in [5, 5.41) is 3.83. The number of amides is 1. The van der Waals surface area contributed by atoms with Gasteiger partial charge in [-0.25, -0.2) is 0 Å². The Morgan fingerprint density at radius 2 is 1.57 bits per heavy atom. The van der Waals surface area contributed by atoms with Gasteiger partial charge in [0.15, 0.2) is 0 Å². The molecule has 0 aliphatic carbocycles. The van der Waals surface area contributed by atoms with Crippen LogP contribution in [0.4, 0.5) is 11.4 Å². The first kappa shape index (κ1) is 16.2. The minimum absolute atomic E-state index is 0.227. The summed E-state index contributed by atoms with van der Waals surface area (Å²) in [6, 6.07) is 7.62. The lowest BCUT2D eigenvalue weighted by molar-refractivity contribution is 0.102. The molecule has 0 aliphatic heterocycles. The van der Waals surface area contributed by atoms with E-state index in [2.05, 4.69) is 10.7 Å². The smallest absolute Gasteiger partial charge is 0.257 e. The number of nitrogen functional groups attached to an aromatic ring is 1. The Labute approximate surface area is 141 Å². The van der Waals surface area contributed by atoms with Crippen LogP contribution in [-0.2, 0) is 0 Å². The Morgan fingerprint density at radius 1 is 0.952 bits per heavy atom. The number of carbonyl (C=O) groups excluding carboxylic acids is 1. The van der Waals surface area contributed by atoms with Crippen LogP contribution in [0.1, 0.15) is 10.4 Å². The summed E-state index contributed by atoms with van der Waals surface area (Å²) in [6.07, 6.45) is 0. The van der Waals surface area contributed by atoms with Gasteiger partial charge in [0.1, 0.15) is 0 Å². The van der Waals surface area contributed by atoms with Crippen molar-refractivity contribution < 1.29 is 4.79 Å². The topological polar surface area (TPSA) is 67.1 Å². The molecule has 2 aromatic carbocycles. The molecule has 110 valence electrons. The van der Waals surface area contributed by atoms with Crippen molar-refractivity contribution in [3.63, 3.8) is 0 Å². The standard InChI is InChI=1S/C13H9Cl4N3O/c14-6-1-2-11(20-18)8(3-6)13(21)19-12-9(16)4-7(15)5-10(12)17/h1-5,20H,18H2,(H,19,21). The average Bonchev–Trinajstić information content (AvgIpc) is 2.42. The van der Waals surface area contributed by atoms with Crippen LogP contribution in [0.25, 0.3) is 0 Å². The molecule has 0 aromatic heterocycles. The van der Waals surface area contributed by atoms with Gasteiger partial charge in [0.2, 0.25) is 0 Å². The van der Waals surface area contributed by atoms with Crippen molar-refractivity contribution in [1.29, 1.82) is 0 Å². The molecule has 2 aromatic rings. The van der Waals surface area contributed by atoms with Crippen molar-refractivity contribution in [3.8, 4) is 0 Å². The third-order valence-electron chi connectivity index (χ3n) is 2.63. The van der Waals surface area contributed by atoms with Crippen molar-refractivity contribution in [2.24, 2.45) is 5.84 Å². The Morgan fingerprint density at radius 3 is 2.14 bits per heavy atom. The average molecular weight is 365 g/mol. The van der Waals surface area contributed by atoms with E-state index >= 15 is 0 Å². The first-order chi connectivity index (χ1) is 9.92. The minimum Gasteiger partial charge on any atom is -0.323 e. The number of halogens is 4. The third-order valence-corrected chi connectivity index (χ3v) is 3.68. The van der Waals surface area contributed by atoms with Crippen molar-refractivity contribution >= 4 is 63.7 Å². The normalized spacial score (nSPS) is 10.3. The number of anilines is 2. The van der Waals surface area contributed by atoms with Crippen LogP contribution in [0, 0.1) is 0 Å². The summed E-state index contributed by atoms with van der Waals surface area (Å²) < 4.78 is 0. The van der Waals surface area contributed by atoms with Crippen LogP contribution < -0.4 is 16.6 Å². The fraction of sp³-hybridized carbons (Fsp3) is 0. The minimum atomic E-state index is -0.462. The van der Waals surface area contributed by atoms with Crippen LogP contribution in [0.2, 0.25) is 20.1 Å². The zero-order chi connectivity index (χ0) is 15.6. The van der Waals surface area contributed by atoms with Crippen LogP contribution in [0.3, 0.4) is 0 Å². The highest BCUT2D eigenvalue weighted by molar-refractivity contribution is 6.42. The lowest BCUT2D eigenvalue weighted by atomic mass is 10.1. The molecule has 0 radical (unpaired) electrons. The van der Waals surface area contributed by atoms with Crippen molar-refractivity contribution in [2.45, 2.75) is 0 Å². The third kappa shape index (κ3) is 3.73.